The van der Waals surface area contributed by atoms with E-state index in [2.05, 4.69) is 9.84 Å². The average molecular weight is 238 g/mol. The predicted octanol–water partition coefficient (Wildman–Crippen LogP) is 1.27. The number of esters is 1. The van der Waals surface area contributed by atoms with E-state index in [1.807, 2.05) is 20.8 Å². The number of nitrogens with zero attached hydrogens (tertiary/aromatic N) is 2. The second kappa shape index (κ2) is 4.69. The smallest absolute Gasteiger partial charge is 0.330 e. The van der Waals surface area contributed by atoms with Gasteiger partial charge in [0.1, 0.15) is 0 Å². The van der Waals surface area contributed by atoms with Crippen molar-refractivity contribution in [3.63, 3.8) is 0 Å². The van der Waals surface area contributed by atoms with Crippen molar-refractivity contribution < 1.29 is 9.53 Å². The molecular formula is C12H18N2O3. The van der Waals surface area contributed by atoms with Gasteiger partial charge in [-0.05, 0) is 13.0 Å². The Hall–Kier alpha value is -1.65. The van der Waals surface area contributed by atoms with Crippen molar-refractivity contribution in [1.82, 2.24) is 9.78 Å². The summed E-state index contributed by atoms with van der Waals surface area (Å²) in [6.07, 6.45) is 0. The van der Waals surface area contributed by atoms with Gasteiger partial charge in [0, 0.05) is 11.5 Å². The van der Waals surface area contributed by atoms with Crippen LogP contribution in [0.15, 0.2) is 16.9 Å². The van der Waals surface area contributed by atoms with Crippen LogP contribution in [0.2, 0.25) is 0 Å². The van der Waals surface area contributed by atoms with Gasteiger partial charge in [0.05, 0.1) is 12.8 Å². The molecule has 1 atom stereocenters. The quantitative estimate of drug-likeness (QED) is 0.728. The van der Waals surface area contributed by atoms with E-state index >= 15 is 0 Å². The number of hydrogen-bond acceptors (Lipinski definition) is 4. The Labute approximate surface area is 100 Å². The molecular weight excluding hydrogens is 220 g/mol. The highest BCUT2D eigenvalue weighted by atomic mass is 16.5. The van der Waals surface area contributed by atoms with Gasteiger partial charge in [-0.1, -0.05) is 20.8 Å². The summed E-state index contributed by atoms with van der Waals surface area (Å²) in [5, 5.41) is 4.22. The average Bonchev–Trinajstić information content (AvgIpc) is 2.26. The second-order valence-corrected chi connectivity index (χ2v) is 4.95. The van der Waals surface area contributed by atoms with Gasteiger partial charge in [-0.2, -0.15) is 5.10 Å². The SMILES string of the molecule is COC(=O)[C@H](C)n1nc(C(C)(C)C)ccc1=O. The largest absolute Gasteiger partial charge is 0.467 e. The van der Waals surface area contributed by atoms with Crippen LogP contribution in [-0.2, 0) is 14.9 Å². The minimum absolute atomic E-state index is 0.175. The molecule has 5 nitrogen and oxygen atoms in total. The lowest BCUT2D eigenvalue weighted by atomic mass is 9.92. The Balaban J connectivity index is 3.25. The molecule has 0 amide bonds. The number of ether oxygens (including phenoxy) is 1. The monoisotopic (exact) mass is 238 g/mol. The van der Waals surface area contributed by atoms with Crippen LogP contribution in [0.25, 0.3) is 0 Å². The maximum absolute atomic E-state index is 11.7. The molecule has 0 bridgehead atoms. The number of rotatable bonds is 2. The second-order valence-electron chi connectivity index (χ2n) is 4.95. The third kappa shape index (κ3) is 2.93. The summed E-state index contributed by atoms with van der Waals surface area (Å²) >= 11 is 0. The number of carbonyl (C=O) groups is 1. The fraction of sp³-hybridized carbons (Fsp3) is 0.583. The van der Waals surface area contributed by atoms with Crippen LogP contribution in [-0.4, -0.2) is 22.9 Å². The van der Waals surface area contributed by atoms with Gasteiger partial charge in [-0.15, -0.1) is 0 Å². The Morgan fingerprint density at radius 1 is 1.41 bits per heavy atom. The molecule has 0 unspecified atom stereocenters. The molecule has 1 aromatic heterocycles. The summed E-state index contributed by atoms with van der Waals surface area (Å²) in [7, 11) is 1.29. The first kappa shape index (κ1) is 13.4. The van der Waals surface area contributed by atoms with Crippen LogP contribution < -0.4 is 5.56 Å². The molecule has 1 aromatic rings. The van der Waals surface area contributed by atoms with Crippen LogP contribution in [0, 0.1) is 0 Å². The number of methoxy groups -OCH3 is 1. The van der Waals surface area contributed by atoms with Gasteiger partial charge >= 0.3 is 5.97 Å². The standard InChI is InChI=1S/C12H18N2O3/c1-8(11(16)17-5)14-10(15)7-6-9(13-14)12(2,3)4/h6-8H,1-5H3/t8-/m0/s1. The van der Waals surface area contributed by atoms with Crippen molar-refractivity contribution >= 4 is 5.97 Å². The van der Waals surface area contributed by atoms with Crippen LogP contribution in [0.1, 0.15) is 39.4 Å². The molecule has 0 fully saturated rings. The van der Waals surface area contributed by atoms with E-state index in [1.165, 1.54) is 13.2 Å². The molecule has 0 spiro atoms. The maximum atomic E-state index is 11.7. The van der Waals surface area contributed by atoms with Gasteiger partial charge in [0.2, 0.25) is 0 Å². The number of carbonyl (C=O) groups excluding carboxylic acids is 1. The third-order valence-corrected chi connectivity index (χ3v) is 2.50. The Morgan fingerprint density at radius 3 is 2.47 bits per heavy atom. The van der Waals surface area contributed by atoms with Gasteiger partial charge in [-0.25, -0.2) is 9.48 Å². The van der Waals surface area contributed by atoms with E-state index in [-0.39, 0.29) is 11.0 Å². The van der Waals surface area contributed by atoms with Crippen LogP contribution >= 0.6 is 0 Å². The summed E-state index contributed by atoms with van der Waals surface area (Å²) < 4.78 is 5.77. The summed E-state index contributed by atoms with van der Waals surface area (Å²) in [6.45, 7) is 7.57. The normalized spacial score (nSPS) is 13.2. The molecule has 5 heteroatoms. The molecule has 0 N–H and O–H groups in total. The highest BCUT2D eigenvalue weighted by Crippen LogP contribution is 2.18. The maximum Gasteiger partial charge on any atom is 0.330 e. The van der Waals surface area contributed by atoms with Crippen LogP contribution in [0.5, 0.6) is 0 Å². The molecule has 0 aliphatic heterocycles. The van der Waals surface area contributed by atoms with E-state index in [1.54, 1.807) is 13.0 Å². The molecule has 0 aliphatic rings. The van der Waals surface area contributed by atoms with Gasteiger partial charge < -0.3 is 4.74 Å². The minimum Gasteiger partial charge on any atom is -0.467 e. The van der Waals surface area contributed by atoms with Crippen molar-refractivity contribution in [2.45, 2.75) is 39.2 Å². The van der Waals surface area contributed by atoms with E-state index in [4.69, 9.17) is 0 Å². The highest BCUT2D eigenvalue weighted by Gasteiger charge is 2.21. The lowest BCUT2D eigenvalue weighted by Gasteiger charge is -2.20. The Morgan fingerprint density at radius 2 is 2.00 bits per heavy atom. The van der Waals surface area contributed by atoms with Gasteiger partial charge in [0.25, 0.3) is 5.56 Å². The first-order chi connectivity index (χ1) is 7.77. The zero-order valence-electron chi connectivity index (χ0n) is 10.9. The van der Waals surface area contributed by atoms with Gasteiger partial charge in [-0.3, -0.25) is 4.79 Å². The van der Waals surface area contributed by atoms with E-state index < -0.39 is 12.0 Å². The van der Waals surface area contributed by atoms with Gasteiger partial charge in [0.15, 0.2) is 6.04 Å². The Kier molecular flexibility index (Phi) is 3.70. The topological polar surface area (TPSA) is 61.2 Å². The molecule has 0 aliphatic carbocycles. The molecule has 94 valence electrons. The van der Waals surface area contributed by atoms with Crippen LogP contribution in [0.4, 0.5) is 0 Å². The van der Waals surface area contributed by atoms with Crippen LogP contribution in [0.3, 0.4) is 0 Å². The fourth-order valence-electron chi connectivity index (χ4n) is 1.37. The van der Waals surface area contributed by atoms with Crippen molar-refractivity contribution in [3.05, 3.63) is 28.2 Å². The summed E-state index contributed by atoms with van der Waals surface area (Å²) in [5.74, 6) is -0.481. The van der Waals surface area contributed by atoms with E-state index in [0.29, 0.717) is 0 Å². The first-order valence-electron chi connectivity index (χ1n) is 5.45. The lowest BCUT2D eigenvalue weighted by Crippen LogP contribution is -2.32. The lowest BCUT2D eigenvalue weighted by molar-refractivity contribution is -0.144. The summed E-state index contributed by atoms with van der Waals surface area (Å²) in [4.78, 5) is 23.1. The summed E-state index contributed by atoms with van der Waals surface area (Å²) in [5.41, 5.74) is 0.273. The van der Waals surface area contributed by atoms with E-state index in [9.17, 15) is 9.59 Å². The first-order valence-corrected chi connectivity index (χ1v) is 5.45. The molecule has 0 saturated carbocycles. The van der Waals surface area contributed by atoms with Crippen molar-refractivity contribution in [1.29, 1.82) is 0 Å². The fourth-order valence-corrected chi connectivity index (χ4v) is 1.37. The Bertz CT molecular complexity index is 471. The van der Waals surface area contributed by atoms with Crippen molar-refractivity contribution in [2.75, 3.05) is 7.11 Å². The van der Waals surface area contributed by atoms with Crippen molar-refractivity contribution in [2.24, 2.45) is 0 Å². The number of aromatic nitrogens is 2. The molecule has 1 heterocycles. The highest BCUT2D eigenvalue weighted by molar-refractivity contribution is 5.73. The minimum atomic E-state index is -0.713. The molecule has 0 aromatic carbocycles. The zero-order valence-corrected chi connectivity index (χ0v) is 10.9. The number of hydrogen-bond donors (Lipinski definition) is 0. The molecule has 0 radical (unpaired) electrons. The van der Waals surface area contributed by atoms with Crippen molar-refractivity contribution in [3.8, 4) is 0 Å². The molecule has 0 saturated heterocycles. The summed E-state index contributed by atoms with van der Waals surface area (Å²) in [6, 6.07) is 2.39. The van der Waals surface area contributed by atoms with E-state index in [0.717, 1.165) is 10.4 Å². The molecule has 17 heavy (non-hydrogen) atoms. The molecule has 1 rings (SSSR count). The third-order valence-electron chi connectivity index (χ3n) is 2.50. The zero-order chi connectivity index (χ0) is 13.2. The predicted molar refractivity (Wildman–Crippen MR) is 63.9 cm³/mol.